The van der Waals surface area contributed by atoms with Gasteiger partial charge in [0.1, 0.15) is 18.0 Å². The highest BCUT2D eigenvalue weighted by Crippen LogP contribution is 2.19. The molecule has 1 aromatic carbocycles. The van der Waals surface area contributed by atoms with Gasteiger partial charge in [-0.1, -0.05) is 34.4 Å². The maximum Gasteiger partial charge on any atom is 0.352 e. The second-order valence-corrected chi connectivity index (χ2v) is 5.00. The molecule has 0 radical (unpaired) electrons. The smallest absolute Gasteiger partial charge is 0.352 e. The molecule has 2 amide bonds. The van der Waals surface area contributed by atoms with Crippen LogP contribution >= 0.6 is 0 Å². The molecule has 0 aliphatic heterocycles. The summed E-state index contributed by atoms with van der Waals surface area (Å²) >= 11 is 0. The fourth-order valence-electron chi connectivity index (χ4n) is 1.64. The van der Waals surface area contributed by atoms with Crippen molar-refractivity contribution in [3.8, 4) is 12.3 Å². The van der Waals surface area contributed by atoms with Crippen molar-refractivity contribution in [1.29, 1.82) is 0 Å². The minimum atomic E-state index is -0.569. The van der Waals surface area contributed by atoms with E-state index in [1.807, 2.05) is 0 Å². The Morgan fingerprint density at radius 2 is 1.80 bits per heavy atom. The van der Waals surface area contributed by atoms with Gasteiger partial charge in [0.15, 0.2) is 6.61 Å². The number of terminal acetylenes is 1. The number of rotatable bonds is 7. The Kier molecular flexibility index (Phi) is 7.92. The van der Waals surface area contributed by atoms with Gasteiger partial charge in [-0.3, -0.25) is 5.01 Å². The van der Waals surface area contributed by atoms with Gasteiger partial charge in [-0.2, -0.15) is 0 Å². The summed E-state index contributed by atoms with van der Waals surface area (Å²) in [7, 11) is 1.40. The molecule has 0 atom stereocenters. The van der Waals surface area contributed by atoms with Gasteiger partial charge < -0.3 is 9.68 Å². The second kappa shape index (κ2) is 9.92. The standard InChI is InChI=1S/C16H22N6O3/c1-5-10-24-19-12(2)13(3)20-25-11-14-8-6-7-9-15(14)22(18)16(23)21(4)17/h1,6-9H,10-11,17-18H2,2-4H3/b19-12+,20-13+. The lowest BCUT2D eigenvalue weighted by Gasteiger charge is -2.22. The molecule has 4 N–H and O–H groups in total. The van der Waals surface area contributed by atoms with Crippen LogP contribution in [0.25, 0.3) is 0 Å². The molecular weight excluding hydrogens is 324 g/mol. The van der Waals surface area contributed by atoms with Crippen LogP contribution in [0.2, 0.25) is 0 Å². The largest absolute Gasteiger partial charge is 0.391 e. The molecule has 0 saturated heterocycles. The summed E-state index contributed by atoms with van der Waals surface area (Å²) in [5.41, 5.74) is 2.18. The molecule has 0 fully saturated rings. The third-order valence-electron chi connectivity index (χ3n) is 3.05. The van der Waals surface area contributed by atoms with E-state index < -0.39 is 6.03 Å². The normalized spacial score (nSPS) is 11.5. The number of urea groups is 1. The summed E-state index contributed by atoms with van der Waals surface area (Å²) in [5, 5.41) is 9.58. The molecule has 9 heteroatoms. The van der Waals surface area contributed by atoms with Crippen molar-refractivity contribution in [2.45, 2.75) is 20.5 Å². The zero-order valence-corrected chi connectivity index (χ0v) is 14.5. The van der Waals surface area contributed by atoms with Crippen LogP contribution in [0.15, 0.2) is 34.6 Å². The highest BCUT2D eigenvalue weighted by molar-refractivity contribution is 6.40. The Morgan fingerprint density at radius 1 is 1.20 bits per heavy atom. The SMILES string of the molecule is C#CCO/N=C(C)/C(C)=N/OCc1ccccc1N(N)C(=O)N(C)N. The number of carbonyl (C=O) groups is 1. The summed E-state index contributed by atoms with van der Waals surface area (Å²) in [4.78, 5) is 22.1. The monoisotopic (exact) mass is 346 g/mol. The van der Waals surface area contributed by atoms with Crippen molar-refractivity contribution in [3.63, 3.8) is 0 Å². The van der Waals surface area contributed by atoms with Crippen molar-refractivity contribution in [1.82, 2.24) is 5.01 Å². The number of oxime groups is 2. The van der Waals surface area contributed by atoms with Crippen LogP contribution in [-0.4, -0.2) is 36.1 Å². The number of hydrazine groups is 2. The number of nitrogens with zero attached hydrogens (tertiary/aromatic N) is 4. The molecule has 0 heterocycles. The quantitative estimate of drug-likeness (QED) is 0.192. The summed E-state index contributed by atoms with van der Waals surface area (Å²) < 4.78 is 0. The van der Waals surface area contributed by atoms with E-state index in [0.29, 0.717) is 22.7 Å². The van der Waals surface area contributed by atoms with Gasteiger partial charge in [0.2, 0.25) is 0 Å². The van der Waals surface area contributed by atoms with Crippen LogP contribution in [0.4, 0.5) is 10.5 Å². The predicted octanol–water partition coefficient (Wildman–Crippen LogP) is 1.21. The zero-order valence-electron chi connectivity index (χ0n) is 14.5. The summed E-state index contributed by atoms with van der Waals surface area (Å²) in [6.07, 6.45) is 5.07. The molecule has 134 valence electrons. The fourth-order valence-corrected chi connectivity index (χ4v) is 1.64. The summed E-state index contributed by atoms with van der Waals surface area (Å²) in [6.45, 7) is 3.60. The molecule has 25 heavy (non-hydrogen) atoms. The molecule has 0 spiro atoms. The van der Waals surface area contributed by atoms with E-state index in [1.54, 1.807) is 38.1 Å². The maximum atomic E-state index is 11.9. The van der Waals surface area contributed by atoms with E-state index in [9.17, 15) is 4.79 Å². The first-order valence-corrected chi connectivity index (χ1v) is 7.30. The van der Waals surface area contributed by atoms with Gasteiger partial charge in [0, 0.05) is 12.6 Å². The molecule has 0 bridgehead atoms. The van der Waals surface area contributed by atoms with Gasteiger partial charge in [0.05, 0.1) is 5.69 Å². The third kappa shape index (κ3) is 6.14. The molecule has 0 aliphatic carbocycles. The van der Waals surface area contributed by atoms with Gasteiger partial charge in [-0.05, 0) is 19.9 Å². The van der Waals surface area contributed by atoms with Crippen molar-refractivity contribution in [2.75, 3.05) is 18.7 Å². The number of carbonyl (C=O) groups excluding carboxylic acids is 1. The van der Waals surface area contributed by atoms with E-state index in [1.165, 1.54) is 7.05 Å². The van der Waals surface area contributed by atoms with Crippen LogP contribution in [0, 0.1) is 12.3 Å². The lowest BCUT2D eigenvalue weighted by atomic mass is 10.2. The van der Waals surface area contributed by atoms with Crippen molar-refractivity contribution >= 4 is 23.1 Å². The molecule has 1 rings (SSSR count). The number of para-hydroxylation sites is 1. The Hall–Kier alpha value is -3.09. The minimum Gasteiger partial charge on any atom is -0.391 e. The molecule has 0 unspecified atom stereocenters. The zero-order chi connectivity index (χ0) is 18.8. The predicted molar refractivity (Wildman–Crippen MR) is 96.2 cm³/mol. The van der Waals surface area contributed by atoms with Gasteiger partial charge >= 0.3 is 6.03 Å². The summed E-state index contributed by atoms with van der Waals surface area (Å²) in [5.74, 6) is 13.5. The topological polar surface area (TPSA) is 119 Å². The second-order valence-electron chi connectivity index (χ2n) is 5.00. The highest BCUT2D eigenvalue weighted by atomic mass is 16.6. The molecular formula is C16H22N6O3. The molecule has 0 aromatic heterocycles. The van der Waals surface area contributed by atoms with E-state index in [4.69, 9.17) is 27.8 Å². The third-order valence-corrected chi connectivity index (χ3v) is 3.05. The maximum absolute atomic E-state index is 11.9. The van der Waals surface area contributed by atoms with Gasteiger partial charge in [-0.25, -0.2) is 21.5 Å². The van der Waals surface area contributed by atoms with E-state index in [2.05, 4.69) is 16.2 Å². The van der Waals surface area contributed by atoms with Crippen molar-refractivity contribution in [2.24, 2.45) is 22.0 Å². The minimum absolute atomic E-state index is 0.0782. The van der Waals surface area contributed by atoms with E-state index in [-0.39, 0.29) is 13.2 Å². The average Bonchev–Trinajstić information content (AvgIpc) is 2.60. The van der Waals surface area contributed by atoms with Crippen LogP contribution in [0.1, 0.15) is 19.4 Å². The fraction of sp³-hybridized carbons (Fsp3) is 0.312. The molecule has 0 aliphatic rings. The molecule has 1 aromatic rings. The van der Waals surface area contributed by atoms with E-state index in [0.717, 1.165) is 10.0 Å². The molecule has 0 saturated carbocycles. The van der Waals surface area contributed by atoms with Crippen LogP contribution in [0.5, 0.6) is 0 Å². The van der Waals surface area contributed by atoms with E-state index >= 15 is 0 Å². The Bertz CT molecular complexity index is 693. The lowest BCUT2D eigenvalue weighted by molar-refractivity contribution is 0.131. The molecule has 9 nitrogen and oxygen atoms in total. The highest BCUT2D eigenvalue weighted by Gasteiger charge is 2.17. The number of hydrogen-bond acceptors (Lipinski definition) is 7. The number of nitrogens with two attached hydrogens (primary N) is 2. The first-order chi connectivity index (χ1) is 11.9. The van der Waals surface area contributed by atoms with Crippen molar-refractivity contribution < 1.29 is 14.5 Å². The Balaban J connectivity index is 2.79. The van der Waals surface area contributed by atoms with Crippen LogP contribution < -0.4 is 16.7 Å². The average molecular weight is 346 g/mol. The Labute approximate surface area is 146 Å². The van der Waals surface area contributed by atoms with Crippen LogP contribution in [0.3, 0.4) is 0 Å². The lowest BCUT2D eigenvalue weighted by Crippen LogP contribution is -2.48. The number of amides is 2. The first-order valence-electron chi connectivity index (χ1n) is 7.30. The van der Waals surface area contributed by atoms with Crippen molar-refractivity contribution in [3.05, 3.63) is 29.8 Å². The number of benzene rings is 1. The Morgan fingerprint density at radius 3 is 2.40 bits per heavy atom. The first kappa shape index (κ1) is 20.0. The van der Waals surface area contributed by atoms with Crippen LogP contribution in [-0.2, 0) is 16.3 Å². The van der Waals surface area contributed by atoms with Gasteiger partial charge in [-0.15, -0.1) is 6.42 Å². The van der Waals surface area contributed by atoms with Gasteiger partial charge in [0.25, 0.3) is 0 Å². The summed E-state index contributed by atoms with van der Waals surface area (Å²) in [6, 6.07) is 6.42. The number of hydrogen-bond donors (Lipinski definition) is 2. The number of anilines is 1.